The van der Waals surface area contributed by atoms with E-state index in [0.29, 0.717) is 10.7 Å². The van der Waals surface area contributed by atoms with Crippen molar-refractivity contribution in [3.63, 3.8) is 0 Å². The third kappa shape index (κ3) is 3.16. The van der Waals surface area contributed by atoms with Crippen LogP contribution in [0.3, 0.4) is 0 Å². The van der Waals surface area contributed by atoms with Crippen LogP contribution in [0.15, 0.2) is 48.1 Å². The number of aromatic nitrogens is 5. The zero-order valence-electron chi connectivity index (χ0n) is 13.8. The van der Waals surface area contributed by atoms with Crippen molar-refractivity contribution in [1.82, 2.24) is 24.5 Å². The lowest BCUT2D eigenvalue weighted by atomic mass is 10.1. The van der Waals surface area contributed by atoms with Gasteiger partial charge in [-0.05, 0) is 30.3 Å². The van der Waals surface area contributed by atoms with Gasteiger partial charge in [-0.15, -0.1) is 11.3 Å². The van der Waals surface area contributed by atoms with Gasteiger partial charge in [0.2, 0.25) is 5.13 Å². The molecular formula is C17H10ClF2N5O2S. The predicted molar refractivity (Wildman–Crippen MR) is 98.7 cm³/mol. The Bertz CT molecular complexity index is 1140. The number of aromatic carboxylic acids is 1. The summed E-state index contributed by atoms with van der Waals surface area (Å²) in [6.07, 6.45) is -0.00415. The summed E-state index contributed by atoms with van der Waals surface area (Å²) in [5.41, 5.74) is -0.667. The van der Waals surface area contributed by atoms with Crippen molar-refractivity contribution in [3.8, 4) is 22.2 Å². The second-order valence-electron chi connectivity index (χ2n) is 5.56. The summed E-state index contributed by atoms with van der Waals surface area (Å²) < 4.78 is 29.5. The Morgan fingerprint density at radius 3 is 2.54 bits per heavy atom. The first-order valence-corrected chi connectivity index (χ1v) is 9.07. The minimum absolute atomic E-state index is 0.0644. The molecule has 1 aromatic carbocycles. The molecule has 0 saturated heterocycles. The third-order valence-electron chi connectivity index (χ3n) is 3.86. The molecule has 142 valence electrons. The fourth-order valence-corrected chi connectivity index (χ4v) is 3.41. The zero-order valence-corrected chi connectivity index (χ0v) is 15.4. The Kier molecular flexibility index (Phi) is 4.65. The summed E-state index contributed by atoms with van der Waals surface area (Å²) in [6.45, 7) is 0. The van der Waals surface area contributed by atoms with E-state index in [1.54, 1.807) is 35.8 Å². The number of hydrogen-bond donors (Lipinski definition) is 1. The van der Waals surface area contributed by atoms with Gasteiger partial charge in [0.25, 0.3) is 6.43 Å². The Hall–Kier alpha value is -3.11. The first kappa shape index (κ1) is 18.3. The molecule has 0 unspecified atom stereocenters. The number of rotatable bonds is 5. The molecule has 0 bridgehead atoms. The Labute approximate surface area is 165 Å². The highest BCUT2D eigenvalue weighted by Crippen LogP contribution is 2.33. The second-order valence-corrected chi connectivity index (χ2v) is 6.87. The fourth-order valence-electron chi connectivity index (χ4n) is 2.68. The normalized spacial score (nSPS) is 11.3. The molecule has 0 spiro atoms. The van der Waals surface area contributed by atoms with Gasteiger partial charge < -0.3 is 5.11 Å². The molecule has 0 aliphatic heterocycles. The number of hydrogen-bond acceptors (Lipinski definition) is 5. The highest BCUT2D eigenvalue weighted by atomic mass is 35.5. The zero-order chi connectivity index (χ0) is 19.8. The fraction of sp³-hybridized carbons (Fsp3) is 0.0588. The maximum Gasteiger partial charge on any atom is 0.340 e. The number of thiazole rings is 1. The van der Waals surface area contributed by atoms with Crippen LogP contribution in [0, 0.1) is 0 Å². The van der Waals surface area contributed by atoms with Crippen LogP contribution in [0.2, 0.25) is 5.02 Å². The first-order chi connectivity index (χ1) is 13.5. The molecule has 3 heterocycles. The Morgan fingerprint density at radius 2 is 1.93 bits per heavy atom. The van der Waals surface area contributed by atoms with Crippen LogP contribution in [0.5, 0.6) is 0 Å². The molecule has 11 heteroatoms. The van der Waals surface area contributed by atoms with Gasteiger partial charge in [-0.25, -0.2) is 27.9 Å². The van der Waals surface area contributed by atoms with Crippen LogP contribution in [0.1, 0.15) is 22.5 Å². The average molecular weight is 422 g/mol. The summed E-state index contributed by atoms with van der Waals surface area (Å²) in [5, 5.41) is 20.2. The minimum atomic E-state index is -3.07. The van der Waals surface area contributed by atoms with Crippen LogP contribution in [0.4, 0.5) is 8.78 Å². The maximum absolute atomic E-state index is 13.5. The molecule has 1 N–H and O–H groups in total. The Morgan fingerprint density at radius 1 is 1.18 bits per heavy atom. The number of carbonyl (C=O) groups is 1. The smallest absolute Gasteiger partial charge is 0.340 e. The average Bonchev–Trinajstić information content (AvgIpc) is 3.39. The van der Waals surface area contributed by atoms with Crippen LogP contribution < -0.4 is 0 Å². The van der Waals surface area contributed by atoms with E-state index in [2.05, 4.69) is 15.2 Å². The number of nitrogens with zero attached hydrogens (tertiary/aromatic N) is 5. The molecule has 0 saturated carbocycles. The Balaban J connectivity index is 1.91. The quantitative estimate of drug-likeness (QED) is 0.513. The van der Waals surface area contributed by atoms with E-state index in [0.717, 1.165) is 16.0 Å². The van der Waals surface area contributed by atoms with Gasteiger partial charge >= 0.3 is 5.97 Å². The lowest BCUT2D eigenvalue weighted by molar-refractivity contribution is 0.0685. The van der Waals surface area contributed by atoms with E-state index < -0.39 is 23.7 Å². The van der Waals surface area contributed by atoms with Gasteiger partial charge in [0, 0.05) is 22.8 Å². The largest absolute Gasteiger partial charge is 0.478 e. The molecule has 4 rings (SSSR count). The molecule has 7 nitrogen and oxygen atoms in total. The molecular weight excluding hydrogens is 412 g/mol. The predicted octanol–water partition coefficient (Wildman–Crippen LogP) is 4.47. The van der Waals surface area contributed by atoms with Crippen LogP contribution in [0.25, 0.3) is 22.2 Å². The van der Waals surface area contributed by atoms with Gasteiger partial charge in [0.1, 0.15) is 22.6 Å². The van der Waals surface area contributed by atoms with Crippen LogP contribution in [-0.4, -0.2) is 35.6 Å². The van der Waals surface area contributed by atoms with Gasteiger partial charge in [0.05, 0.1) is 5.69 Å². The van der Waals surface area contributed by atoms with E-state index in [4.69, 9.17) is 11.6 Å². The molecule has 3 aromatic heterocycles. The molecule has 0 atom stereocenters. The summed E-state index contributed by atoms with van der Waals surface area (Å²) in [6, 6.07) is 8.32. The molecule has 0 radical (unpaired) electrons. The standard InChI is InChI=1S/C17H10ClF2N5O2S/c18-9-1-3-10(4-2-9)24-7-5-11(22-24)14-12(16(26)27)13(15(19)20)23-25(14)17-21-6-8-28-17/h1-8,15H,(H,26,27). The van der Waals surface area contributed by atoms with E-state index >= 15 is 0 Å². The highest BCUT2D eigenvalue weighted by molar-refractivity contribution is 7.12. The SMILES string of the molecule is O=C(O)c1c(C(F)F)nn(-c2nccs2)c1-c1ccn(-c2ccc(Cl)cc2)n1. The molecule has 0 fully saturated rings. The van der Waals surface area contributed by atoms with Gasteiger partial charge in [-0.1, -0.05) is 11.6 Å². The third-order valence-corrected chi connectivity index (χ3v) is 4.86. The highest BCUT2D eigenvalue weighted by Gasteiger charge is 2.31. The number of alkyl halides is 2. The van der Waals surface area contributed by atoms with Crippen molar-refractivity contribution in [2.24, 2.45) is 0 Å². The maximum atomic E-state index is 13.5. The molecule has 28 heavy (non-hydrogen) atoms. The second kappa shape index (κ2) is 7.13. The molecule has 0 amide bonds. The lowest BCUT2D eigenvalue weighted by Crippen LogP contribution is -2.04. The molecule has 0 aliphatic carbocycles. The van der Waals surface area contributed by atoms with Gasteiger partial charge in [0.15, 0.2) is 0 Å². The summed E-state index contributed by atoms with van der Waals surface area (Å²) >= 11 is 7.02. The number of carboxylic acids is 1. The van der Waals surface area contributed by atoms with E-state index in [1.807, 2.05) is 0 Å². The van der Waals surface area contributed by atoms with Crippen molar-refractivity contribution in [2.45, 2.75) is 6.43 Å². The topological polar surface area (TPSA) is 85.8 Å². The lowest BCUT2D eigenvalue weighted by Gasteiger charge is -2.04. The molecule has 4 aromatic rings. The van der Waals surface area contributed by atoms with E-state index in [-0.39, 0.29) is 16.5 Å². The van der Waals surface area contributed by atoms with Crippen molar-refractivity contribution in [2.75, 3.05) is 0 Å². The van der Waals surface area contributed by atoms with E-state index in [1.165, 1.54) is 16.9 Å². The van der Waals surface area contributed by atoms with Gasteiger partial charge in [-0.2, -0.15) is 10.2 Å². The van der Waals surface area contributed by atoms with E-state index in [9.17, 15) is 18.7 Å². The van der Waals surface area contributed by atoms with Gasteiger partial charge in [-0.3, -0.25) is 0 Å². The van der Waals surface area contributed by atoms with Crippen LogP contribution in [-0.2, 0) is 0 Å². The van der Waals surface area contributed by atoms with Crippen molar-refractivity contribution < 1.29 is 18.7 Å². The minimum Gasteiger partial charge on any atom is -0.478 e. The van der Waals surface area contributed by atoms with Crippen molar-refractivity contribution in [3.05, 3.63) is 64.4 Å². The number of carboxylic acid groups (broad SMARTS) is 1. The summed E-state index contributed by atoms with van der Waals surface area (Å²) in [7, 11) is 0. The first-order valence-electron chi connectivity index (χ1n) is 7.82. The van der Waals surface area contributed by atoms with Crippen LogP contribution >= 0.6 is 22.9 Å². The summed E-state index contributed by atoms with van der Waals surface area (Å²) in [5.74, 6) is -1.52. The van der Waals surface area contributed by atoms with Crippen molar-refractivity contribution in [1.29, 1.82) is 0 Å². The van der Waals surface area contributed by atoms with Crippen molar-refractivity contribution >= 4 is 28.9 Å². The summed E-state index contributed by atoms with van der Waals surface area (Å²) in [4.78, 5) is 15.8. The molecule has 0 aliphatic rings. The number of halogens is 3. The number of benzene rings is 1. The monoisotopic (exact) mass is 421 g/mol.